The summed E-state index contributed by atoms with van der Waals surface area (Å²) in [6.45, 7) is 1.04. The molecule has 4 unspecified atom stereocenters. The van der Waals surface area contributed by atoms with E-state index >= 15 is 0 Å². The topological polar surface area (TPSA) is 197 Å². The van der Waals surface area contributed by atoms with Gasteiger partial charge in [-0.15, -0.1) is 0 Å². The Kier molecular flexibility index (Phi) is 12.4. The third-order valence-corrected chi connectivity index (χ3v) is 3.97. The molecule has 0 aromatic carbocycles. The maximum absolute atomic E-state index is 12.4. The van der Waals surface area contributed by atoms with Gasteiger partial charge in [0.05, 0.1) is 12.6 Å². The first-order valence-electron chi connectivity index (χ1n) is 8.49. The Morgan fingerprint density at radius 1 is 0.963 bits per heavy atom. The summed E-state index contributed by atoms with van der Waals surface area (Å²) in [5.41, 5.74) is 10.9. The molecule has 0 bridgehead atoms. The van der Waals surface area contributed by atoms with Crippen LogP contribution in [0.1, 0.15) is 26.2 Å². The minimum atomic E-state index is -1.50. The van der Waals surface area contributed by atoms with Crippen LogP contribution < -0.4 is 27.4 Å². The predicted octanol–water partition coefficient (Wildman–Crippen LogP) is -3.08. The number of nitrogens with one attached hydrogen (secondary N) is 3. The molecular weight excluding hydrogens is 378 g/mol. The third kappa shape index (κ3) is 9.56. The molecule has 0 aliphatic rings. The molecule has 27 heavy (non-hydrogen) atoms. The van der Waals surface area contributed by atoms with Gasteiger partial charge in [0.2, 0.25) is 17.7 Å². The number of unbranched alkanes of at least 4 members (excludes halogenated alkanes) is 1. The summed E-state index contributed by atoms with van der Waals surface area (Å²) in [5, 5.41) is 25.0. The zero-order valence-corrected chi connectivity index (χ0v) is 16.1. The number of hydrogen-bond acceptors (Lipinski definition) is 8. The molecule has 0 aliphatic carbocycles. The fourth-order valence-corrected chi connectivity index (χ4v) is 2.25. The molecule has 0 spiro atoms. The van der Waals surface area contributed by atoms with Crippen LogP contribution in [0, 0.1) is 0 Å². The highest BCUT2D eigenvalue weighted by Gasteiger charge is 2.28. The van der Waals surface area contributed by atoms with Gasteiger partial charge in [-0.3, -0.25) is 14.4 Å². The number of rotatable bonds is 13. The second kappa shape index (κ2) is 13.3. The number of carboxylic acid groups (broad SMARTS) is 1. The number of thiol groups is 1. The molecule has 4 atom stereocenters. The van der Waals surface area contributed by atoms with Gasteiger partial charge in [0.25, 0.3) is 0 Å². The smallest absolute Gasteiger partial charge is 0.328 e. The first-order valence-corrected chi connectivity index (χ1v) is 9.12. The molecule has 12 heteroatoms. The number of carbonyl (C=O) groups is 4. The SMILES string of the molecule is CC(N)C(=O)NC(CS)C(=O)NC(CCCCN)C(=O)NC(CO)C(=O)O. The van der Waals surface area contributed by atoms with Gasteiger partial charge in [-0.05, 0) is 32.7 Å². The summed E-state index contributed by atoms with van der Waals surface area (Å²) < 4.78 is 0. The van der Waals surface area contributed by atoms with Crippen molar-refractivity contribution >= 4 is 36.3 Å². The minimum absolute atomic E-state index is 0.0319. The molecule has 0 saturated heterocycles. The fourth-order valence-electron chi connectivity index (χ4n) is 1.99. The van der Waals surface area contributed by atoms with Gasteiger partial charge >= 0.3 is 5.97 Å². The van der Waals surface area contributed by atoms with E-state index in [1.54, 1.807) is 0 Å². The normalized spacial score (nSPS) is 15.1. The van der Waals surface area contributed by atoms with E-state index in [2.05, 4.69) is 28.6 Å². The Morgan fingerprint density at radius 3 is 1.93 bits per heavy atom. The van der Waals surface area contributed by atoms with Gasteiger partial charge in [-0.1, -0.05) is 0 Å². The zero-order valence-electron chi connectivity index (χ0n) is 15.2. The summed E-state index contributed by atoms with van der Waals surface area (Å²) in [7, 11) is 0. The molecule has 0 rings (SSSR count). The number of amides is 3. The van der Waals surface area contributed by atoms with Crippen LogP contribution in [0.4, 0.5) is 0 Å². The van der Waals surface area contributed by atoms with Crippen molar-refractivity contribution in [2.24, 2.45) is 11.5 Å². The van der Waals surface area contributed by atoms with Crippen molar-refractivity contribution in [3.63, 3.8) is 0 Å². The van der Waals surface area contributed by atoms with Crippen molar-refractivity contribution in [1.82, 2.24) is 16.0 Å². The molecule has 0 heterocycles. The molecular formula is C15H29N5O6S. The first-order chi connectivity index (χ1) is 12.7. The number of aliphatic carboxylic acids is 1. The summed E-state index contributed by atoms with van der Waals surface area (Å²) in [4.78, 5) is 47.3. The lowest BCUT2D eigenvalue weighted by atomic mass is 10.1. The molecule has 156 valence electrons. The summed E-state index contributed by atoms with van der Waals surface area (Å²) in [6, 6.07) is -4.41. The number of aliphatic hydroxyl groups excluding tert-OH is 1. The number of carbonyl (C=O) groups excluding carboxylic acids is 3. The summed E-state index contributed by atoms with van der Waals surface area (Å²) in [5.74, 6) is -3.42. The Labute approximate surface area is 163 Å². The molecule has 0 fully saturated rings. The number of nitrogens with two attached hydrogens (primary N) is 2. The monoisotopic (exact) mass is 407 g/mol. The molecule has 3 amide bonds. The minimum Gasteiger partial charge on any atom is -0.480 e. The van der Waals surface area contributed by atoms with E-state index < -0.39 is 54.5 Å². The van der Waals surface area contributed by atoms with Crippen LogP contribution >= 0.6 is 12.6 Å². The largest absolute Gasteiger partial charge is 0.480 e. The average Bonchev–Trinajstić information content (AvgIpc) is 2.62. The molecule has 0 aromatic heterocycles. The van der Waals surface area contributed by atoms with Gasteiger partial charge < -0.3 is 37.6 Å². The molecule has 0 aromatic rings. The van der Waals surface area contributed by atoms with Crippen LogP contribution in [0.2, 0.25) is 0 Å². The Morgan fingerprint density at radius 2 is 1.48 bits per heavy atom. The lowest BCUT2D eigenvalue weighted by Gasteiger charge is -2.24. The zero-order chi connectivity index (χ0) is 21.0. The van der Waals surface area contributed by atoms with Crippen molar-refractivity contribution in [3.8, 4) is 0 Å². The predicted molar refractivity (Wildman–Crippen MR) is 101 cm³/mol. The summed E-state index contributed by atoms with van der Waals surface area (Å²) in [6.07, 6.45) is 1.30. The van der Waals surface area contributed by atoms with E-state index in [9.17, 15) is 19.2 Å². The average molecular weight is 407 g/mol. The standard InChI is InChI=1S/C15H29N5O6S/c1-8(17)12(22)20-11(7-27)14(24)18-9(4-2-3-5-16)13(23)19-10(6-21)15(25)26/h8-11,21,27H,2-7,16-17H2,1H3,(H,18,24)(H,19,23)(H,20,22)(H,25,26). The van der Waals surface area contributed by atoms with Crippen molar-refractivity contribution in [2.75, 3.05) is 18.9 Å². The van der Waals surface area contributed by atoms with Crippen LogP contribution in [0.15, 0.2) is 0 Å². The second-order valence-electron chi connectivity index (χ2n) is 5.96. The number of carboxylic acids is 1. The molecule has 11 nitrogen and oxygen atoms in total. The van der Waals surface area contributed by atoms with Crippen LogP contribution in [0.25, 0.3) is 0 Å². The lowest BCUT2D eigenvalue weighted by molar-refractivity contribution is -0.143. The van der Waals surface area contributed by atoms with Gasteiger partial charge in [0.1, 0.15) is 18.1 Å². The highest BCUT2D eigenvalue weighted by molar-refractivity contribution is 7.80. The lowest BCUT2D eigenvalue weighted by Crippen LogP contribution is -2.57. The fraction of sp³-hybridized carbons (Fsp3) is 0.733. The molecule has 0 saturated carbocycles. The third-order valence-electron chi connectivity index (χ3n) is 3.61. The molecule has 9 N–H and O–H groups in total. The van der Waals surface area contributed by atoms with Gasteiger partial charge in [-0.25, -0.2) is 4.79 Å². The Hall–Kier alpha value is -1.89. The maximum atomic E-state index is 12.4. The van der Waals surface area contributed by atoms with E-state index in [0.29, 0.717) is 19.4 Å². The first kappa shape index (κ1) is 25.1. The van der Waals surface area contributed by atoms with Crippen LogP contribution in [0.5, 0.6) is 0 Å². The highest BCUT2D eigenvalue weighted by Crippen LogP contribution is 2.03. The quantitative estimate of drug-likeness (QED) is 0.116. The van der Waals surface area contributed by atoms with Gasteiger partial charge in [0, 0.05) is 5.75 Å². The second-order valence-corrected chi connectivity index (χ2v) is 6.33. The van der Waals surface area contributed by atoms with Gasteiger partial charge in [-0.2, -0.15) is 12.6 Å². The Balaban J connectivity index is 5.10. The Bertz CT molecular complexity index is 519. The van der Waals surface area contributed by atoms with Gasteiger partial charge in [0.15, 0.2) is 0 Å². The van der Waals surface area contributed by atoms with E-state index in [0.717, 1.165) is 0 Å². The molecule has 0 radical (unpaired) electrons. The van der Waals surface area contributed by atoms with E-state index in [-0.39, 0.29) is 12.2 Å². The van der Waals surface area contributed by atoms with Crippen molar-refractivity contribution < 1.29 is 29.4 Å². The summed E-state index contributed by atoms with van der Waals surface area (Å²) >= 11 is 4.01. The van der Waals surface area contributed by atoms with E-state index in [1.807, 2.05) is 0 Å². The highest BCUT2D eigenvalue weighted by atomic mass is 32.1. The number of hydrogen-bond donors (Lipinski definition) is 8. The number of aliphatic hydroxyl groups is 1. The van der Waals surface area contributed by atoms with Crippen LogP contribution in [-0.2, 0) is 19.2 Å². The maximum Gasteiger partial charge on any atom is 0.328 e. The van der Waals surface area contributed by atoms with Crippen molar-refractivity contribution in [1.29, 1.82) is 0 Å². The van der Waals surface area contributed by atoms with Crippen molar-refractivity contribution in [3.05, 3.63) is 0 Å². The van der Waals surface area contributed by atoms with Crippen LogP contribution in [-0.4, -0.2) is 77.0 Å². The van der Waals surface area contributed by atoms with Crippen LogP contribution in [0.3, 0.4) is 0 Å². The van der Waals surface area contributed by atoms with E-state index in [1.165, 1.54) is 6.92 Å². The molecule has 0 aliphatic heterocycles. The van der Waals surface area contributed by atoms with Crippen molar-refractivity contribution in [2.45, 2.75) is 50.4 Å². The van der Waals surface area contributed by atoms with E-state index in [4.69, 9.17) is 21.7 Å².